The van der Waals surface area contributed by atoms with Gasteiger partial charge in [0.25, 0.3) is 5.91 Å². The number of nitrogens with two attached hydrogens (primary N) is 1. The predicted octanol–water partition coefficient (Wildman–Crippen LogP) is 4.11. The minimum Gasteiger partial charge on any atom is -0.364 e. The van der Waals surface area contributed by atoms with Gasteiger partial charge in [0.1, 0.15) is 11.5 Å². The summed E-state index contributed by atoms with van der Waals surface area (Å²) in [4.78, 5) is 39.4. The number of H-pyrrole nitrogens is 1. The van der Waals surface area contributed by atoms with Crippen LogP contribution in [0.2, 0.25) is 0 Å². The highest BCUT2D eigenvalue weighted by Crippen LogP contribution is 2.32. The fourth-order valence-corrected chi connectivity index (χ4v) is 3.95. The second-order valence-electron chi connectivity index (χ2n) is 8.10. The number of primary amides is 1. The van der Waals surface area contributed by atoms with E-state index in [4.69, 9.17) is 10.7 Å². The molecule has 7 heteroatoms. The minimum absolute atomic E-state index is 0.0286. The summed E-state index contributed by atoms with van der Waals surface area (Å²) in [6.45, 7) is 8.16. The number of benzene rings is 1. The summed E-state index contributed by atoms with van der Waals surface area (Å²) in [7, 11) is 0. The fourth-order valence-electron chi connectivity index (χ4n) is 3.95. The number of hydrogen-bond acceptors (Lipinski definition) is 5. The normalized spacial score (nSPS) is 12.2. The summed E-state index contributed by atoms with van der Waals surface area (Å²) in [6.07, 6.45) is 2.54. The molecule has 164 valence electrons. The van der Waals surface area contributed by atoms with E-state index >= 15 is 0 Å². The van der Waals surface area contributed by atoms with E-state index in [1.54, 1.807) is 6.07 Å². The molecule has 0 saturated heterocycles. The number of nitrogens with zero attached hydrogens (tertiary/aromatic N) is 3. The predicted molar refractivity (Wildman–Crippen MR) is 129 cm³/mol. The van der Waals surface area contributed by atoms with E-state index in [0.29, 0.717) is 17.1 Å². The number of carbonyl (C=O) groups is 1. The molecule has 4 rings (SSSR count). The molecule has 0 spiro atoms. The van der Waals surface area contributed by atoms with Crippen LogP contribution in [0.25, 0.3) is 33.1 Å². The number of aromatic amines is 1. The van der Waals surface area contributed by atoms with E-state index in [0.717, 1.165) is 41.8 Å². The Hall–Kier alpha value is -3.74. The van der Waals surface area contributed by atoms with E-state index in [1.165, 1.54) is 12.3 Å². The average Bonchev–Trinajstić information content (AvgIpc) is 2.80. The lowest BCUT2D eigenvalue weighted by Crippen LogP contribution is -2.29. The number of anilines is 1. The van der Waals surface area contributed by atoms with Crippen LogP contribution in [0.15, 0.2) is 53.5 Å². The third-order valence-electron chi connectivity index (χ3n) is 5.88. The van der Waals surface area contributed by atoms with Crippen LogP contribution < -0.4 is 16.1 Å². The molecule has 0 radical (unpaired) electrons. The quantitative estimate of drug-likeness (QED) is 0.460. The number of amides is 1. The largest absolute Gasteiger partial charge is 0.364 e. The van der Waals surface area contributed by atoms with Crippen molar-refractivity contribution in [3.05, 3.63) is 64.6 Å². The summed E-state index contributed by atoms with van der Waals surface area (Å²) >= 11 is 0. The Morgan fingerprint density at radius 1 is 1.19 bits per heavy atom. The number of nitrogens with one attached hydrogen (secondary N) is 1. The van der Waals surface area contributed by atoms with Gasteiger partial charge in [-0.25, -0.2) is 4.98 Å². The van der Waals surface area contributed by atoms with Crippen molar-refractivity contribution in [2.45, 2.75) is 27.2 Å². The molecular weight excluding hydrogens is 402 g/mol. The molecule has 3 heterocycles. The highest BCUT2D eigenvalue weighted by molar-refractivity contribution is 6.04. The van der Waals surface area contributed by atoms with Crippen LogP contribution >= 0.6 is 0 Å². The van der Waals surface area contributed by atoms with Gasteiger partial charge in [-0.3, -0.25) is 14.6 Å². The monoisotopic (exact) mass is 429 g/mol. The molecule has 0 unspecified atom stereocenters. The Kier molecular flexibility index (Phi) is 5.90. The van der Waals surface area contributed by atoms with Crippen LogP contribution in [0, 0.1) is 5.92 Å². The number of pyridine rings is 3. The van der Waals surface area contributed by atoms with Gasteiger partial charge >= 0.3 is 0 Å². The molecule has 0 aliphatic rings. The maximum atomic E-state index is 13.0. The first-order chi connectivity index (χ1) is 15.4. The molecule has 4 aromatic rings. The number of hydrogen-bond donors (Lipinski definition) is 2. The smallest absolute Gasteiger partial charge is 0.268 e. The number of para-hydroxylation sites is 1. The van der Waals surface area contributed by atoms with Crippen molar-refractivity contribution in [2.24, 2.45) is 11.7 Å². The molecule has 32 heavy (non-hydrogen) atoms. The van der Waals surface area contributed by atoms with Gasteiger partial charge in [0.05, 0.1) is 22.1 Å². The summed E-state index contributed by atoms with van der Waals surface area (Å²) in [6, 6.07) is 13.2. The first-order valence-corrected chi connectivity index (χ1v) is 10.9. The molecule has 3 N–H and O–H groups in total. The van der Waals surface area contributed by atoms with Gasteiger partial charge in [-0.1, -0.05) is 38.5 Å². The molecule has 1 atom stereocenters. The third-order valence-corrected chi connectivity index (χ3v) is 5.88. The van der Waals surface area contributed by atoms with Gasteiger partial charge < -0.3 is 15.6 Å². The van der Waals surface area contributed by atoms with Crippen molar-refractivity contribution < 1.29 is 4.79 Å². The third kappa shape index (κ3) is 3.93. The fraction of sp³-hybridized carbons (Fsp3) is 0.280. The van der Waals surface area contributed by atoms with Gasteiger partial charge in [-0.15, -0.1) is 0 Å². The van der Waals surface area contributed by atoms with E-state index < -0.39 is 5.91 Å². The Labute approximate surface area is 186 Å². The highest BCUT2D eigenvalue weighted by atomic mass is 16.1. The second kappa shape index (κ2) is 8.78. The first kappa shape index (κ1) is 21.5. The van der Waals surface area contributed by atoms with E-state index in [9.17, 15) is 9.59 Å². The van der Waals surface area contributed by atoms with Crippen LogP contribution in [0.4, 0.5) is 5.82 Å². The highest BCUT2D eigenvalue weighted by Gasteiger charge is 2.19. The standard InChI is InChI=1S/C25H27N5O2/c1-4-15(3)14-30(5-2)25-17(12-16-8-6-7-9-18(16)29-25)20-13-21(31)22-19(28-20)10-11-27-23(22)24(26)32/h6-13,15H,4-5,14H2,1-3H3,(H2,26,32)(H,28,31)/t15-/m0/s1. The van der Waals surface area contributed by atoms with Crippen LogP contribution in [0.3, 0.4) is 0 Å². The summed E-state index contributed by atoms with van der Waals surface area (Å²) in [5, 5.41) is 1.19. The van der Waals surface area contributed by atoms with Crippen LogP contribution in [0.1, 0.15) is 37.7 Å². The second-order valence-corrected chi connectivity index (χ2v) is 8.10. The molecule has 1 aromatic carbocycles. The Morgan fingerprint density at radius 3 is 2.69 bits per heavy atom. The van der Waals surface area contributed by atoms with E-state index in [-0.39, 0.29) is 16.5 Å². The molecule has 0 saturated carbocycles. The number of fused-ring (bicyclic) bond motifs is 2. The Balaban J connectivity index is 1.98. The zero-order chi connectivity index (χ0) is 22.8. The molecule has 0 fully saturated rings. The summed E-state index contributed by atoms with van der Waals surface area (Å²) in [5.74, 6) is 0.592. The number of carbonyl (C=O) groups excluding carboxylic acids is 1. The first-order valence-electron chi connectivity index (χ1n) is 10.9. The van der Waals surface area contributed by atoms with Gasteiger partial charge in [-0.2, -0.15) is 0 Å². The lowest BCUT2D eigenvalue weighted by atomic mass is 10.0. The van der Waals surface area contributed by atoms with E-state index in [1.807, 2.05) is 24.3 Å². The van der Waals surface area contributed by atoms with Crippen molar-refractivity contribution in [2.75, 3.05) is 18.0 Å². The maximum absolute atomic E-state index is 13.0. The van der Waals surface area contributed by atoms with Crippen molar-refractivity contribution in [3.8, 4) is 11.3 Å². The maximum Gasteiger partial charge on any atom is 0.268 e. The molecule has 1 amide bonds. The topological polar surface area (TPSA) is 105 Å². The Morgan fingerprint density at radius 2 is 1.97 bits per heavy atom. The number of rotatable bonds is 7. The van der Waals surface area contributed by atoms with Gasteiger partial charge in [0.15, 0.2) is 5.43 Å². The Bertz CT molecular complexity index is 1360. The molecule has 0 aliphatic carbocycles. The molecule has 7 nitrogen and oxygen atoms in total. The SMILES string of the molecule is CC[C@H](C)CN(CC)c1nc2ccccc2cc1-c1cc(=O)c2c(C(N)=O)nccc2[nH]1. The lowest BCUT2D eigenvalue weighted by molar-refractivity contribution is 0.0997. The zero-order valence-corrected chi connectivity index (χ0v) is 18.6. The van der Waals surface area contributed by atoms with Crippen LogP contribution in [-0.4, -0.2) is 33.9 Å². The van der Waals surface area contributed by atoms with E-state index in [2.05, 4.69) is 41.7 Å². The summed E-state index contributed by atoms with van der Waals surface area (Å²) in [5.41, 5.74) is 7.99. The minimum atomic E-state index is -0.729. The van der Waals surface area contributed by atoms with Crippen molar-refractivity contribution in [1.82, 2.24) is 15.0 Å². The van der Waals surface area contributed by atoms with Gasteiger partial charge in [0, 0.05) is 36.3 Å². The number of aromatic nitrogens is 3. The molecular formula is C25H27N5O2. The van der Waals surface area contributed by atoms with Gasteiger partial charge in [-0.05, 0) is 31.0 Å². The molecule has 0 bridgehead atoms. The average molecular weight is 430 g/mol. The van der Waals surface area contributed by atoms with Crippen LogP contribution in [-0.2, 0) is 0 Å². The summed E-state index contributed by atoms with van der Waals surface area (Å²) < 4.78 is 0. The zero-order valence-electron chi connectivity index (χ0n) is 18.6. The van der Waals surface area contributed by atoms with Crippen molar-refractivity contribution in [3.63, 3.8) is 0 Å². The lowest BCUT2D eigenvalue weighted by Gasteiger charge is -2.27. The van der Waals surface area contributed by atoms with Crippen molar-refractivity contribution in [1.29, 1.82) is 0 Å². The van der Waals surface area contributed by atoms with Crippen molar-refractivity contribution >= 4 is 33.5 Å². The molecule has 3 aromatic heterocycles. The molecule has 0 aliphatic heterocycles. The van der Waals surface area contributed by atoms with Crippen LogP contribution in [0.5, 0.6) is 0 Å². The van der Waals surface area contributed by atoms with Gasteiger partial charge in [0.2, 0.25) is 0 Å².